The first-order chi connectivity index (χ1) is 16.4. The van der Waals surface area contributed by atoms with Crippen molar-refractivity contribution in [3.8, 4) is 11.1 Å². The van der Waals surface area contributed by atoms with Gasteiger partial charge in [-0.15, -0.1) is 0 Å². The number of sulfonamides is 1. The quantitative estimate of drug-likeness (QED) is 0.515. The van der Waals surface area contributed by atoms with Gasteiger partial charge in [0, 0.05) is 18.8 Å². The molecule has 0 aliphatic carbocycles. The number of nitrogens with zero attached hydrogens (tertiary/aromatic N) is 1. The number of hydrogen-bond acceptors (Lipinski definition) is 5. The predicted molar refractivity (Wildman–Crippen MR) is 133 cm³/mol. The van der Waals surface area contributed by atoms with Crippen LogP contribution in [0.3, 0.4) is 0 Å². The molecule has 0 aromatic heterocycles. The maximum absolute atomic E-state index is 12.9. The standard InChI is InChI=1S/C26H29N3O4S/c1-20(21-10-12-23(13-11-21)22-6-3-2-4-7-22)28-26(30)19-27-24-8-5-9-25(18-24)34(31,32)29-14-16-33-17-15-29/h2-13,18,20,27H,14-17,19H2,1H3,(H,28,30)/t20-/m1/s1. The van der Waals surface area contributed by atoms with Gasteiger partial charge in [0.15, 0.2) is 0 Å². The summed E-state index contributed by atoms with van der Waals surface area (Å²) in [6.07, 6.45) is 0. The van der Waals surface area contributed by atoms with Gasteiger partial charge in [-0.3, -0.25) is 4.79 Å². The second-order valence-corrected chi connectivity index (χ2v) is 10.1. The van der Waals surface area contributed by atoms with E-state index in [-0.39, 0.29) is 23.4 Å². The number of nitrogens with one attached hydrogen (secondary N) is 2. The van der Waals surface area contributed by atoms with Crippen molar-refractivity contribution in [2.24, 2.45) is 0 Å². The molecule has 8 heteroatoms. The molecule has 2 N–H and O–H groups in total. The van der Waals surface area contributed by atoms with Gasteiger partial charge in [0.1, 0.15) is 0 Å². The van der Waals surface area contributed by atoms with Crippen molar-refractivity contribution in [2.75, 3.05) is 38.2 Å². The van der Waals surface area contributed by atoms with E-state index in [9.17, 15) is 13.2 Å². The van der Waals surface area contributed by atoms with Crippen molar-refractivity contribution >= 4 is 21.6 Å². The van der Waals surface area contributed by atoms with Crippen molar-refractivity contribution in [2.45, 2.75) is 17.9 Å². The Morgan fingerprint density at radius 1 is 0.941 bits per heavy atom. The molecule has 0 radical (unpaired) electrons. The first-order valence-corrected chi connectivity index (χ1v) is 12.7. The number of benzene rings is 3. The van der Waals surface area contributed by atoms with Crippen molar-refractivity contribution in [1.29, 1.82) is 0 Å². The number of hydrogen-bond donors (Lipinski definition) is 2. The summed E-state index contributed by atoms with van der Waals surface area (Å²) >= 11 is 0. The van der Waals surface area contributed by atoms with Crippen LogP contribution in [0.5, 0.6) is 0 Å². The minimum atomic E-state index is -3.59. The summed E-state index contributed by atoms with van der Waals surface area (Å²) in [6.45, 7) is 3.44. The maximum atomic E-state index is 12.9. The Kier molecular flexibility index (Phi) is 7.62. The van der Waals surface area contributed by atoms with Crippen LogP contribution < -0.4 is 10.6 Å². The van der Waals surface area contributed by atoms with Crippen LogP contribution in [0, 0.1) is 0 Å². The fraction of sp³-hybridized carbons (Fsp3) is 0.269. The average molecular weight is 480 g/mol. The summed E-state index contributed by atoms with van der Waals surface area (Å²) in [5, 5.41) is 6.01. The second-order valence-electron chi connectivity index (χ2n) is 8.18. The number of carbonyl (C=O) groups is 1. The van der Waals surface area contributed by atoms with E-state index >= 15 is 0 Å². The summed E-state index contributed by atoms with van der Waals surface area (Å²) in [5.41, 5.74) is 3.85. The molecule has 3 aromatic carbocycles. The van der Waals surface area contributed by atoms with Crippen LogP contribution in [0.25, 0.3) is 11.1 Å². The lowest BCUT2D eigenvalue weighted by Gasteiger charge is -2.26. The van der Waals surface area contributed by atoms with E-state index < -0.39 is 10.0 Å². The highest BCUT2D eigenvalue weighted by Crippen LogP contribution is 2.22. The van der Waals surface area contributed by atoms with Gasteiger partial charge in [-0.2, -0.15) is 4.31 Å². The van der Waals surface area contributed by atoms with Crippen molar-refractivity contribution in [3.05, 3.63) is 84.4 Å². The molecule has 178 valence electrons. The average Bonchev–Trinajstić information content (AvgIpc) is 2.89. The molecule has 0 unspecified atom stereocenters. The fourth-order valence-corrected chi connectivity index (χ4v) is 5.31. The maximum Gasteiger partial charge on any atom is 0.243 e. The molecule has 3 aromatic rings. The molecule has 1 fully saturated rings. The highest BCUT2D eigenvalue weighted by Gasteiger charge is 2.26. The molecule has 1 saturated heterocycles. The van der Waals surface area contributed by atoms with Crippen LogP contribution >= 0.6 is 0 Å². The third kappa shape index (κ3) is 5.83. The first kappa shape index (κ1) is 23.9. The van der Waals surface area contributed by atoms with Gasteiger partial charge in [0.25, 0.3) is 0 Å². The summed E-state index contributed by atoms with van der Waals surface area (Å²) < 4.78 is 32.4. The third-order valence-corrected chi connectivity index (χ3v) is 7.68. The number of amides is 1. The van der Waals surface area contributed by atoms with E-state index in [0.29, 0.717) is 32.0 Å². The first-order valence-electron chi connectivity index (χ1n) is 11.3. The van der Waals surface area contributed by atoms with Crippen LogP contribution in [0.4, 0.5) is 5.69 Å². The van der Waals surface area contributed by atoms with E-state index in [0.717, 1.165) is 16.7 Å². The highest BCUT2D eigenvalue weighted by molar-refractivity contribution is 7.89. The Morgan fingerprint density at radius 2 is 1.62 bits per heavy atom. The molecule has 0 bridgehead atoms. The van der Waals surface area contributed by atoms with Crippen molar-refractivity contribution in [3.63, 3.8) is 0 Å². The third-order valence-electron chi connectivity index (χ3n) is 5.79. The summed E-state index contributed by atoms with van der Waals surface area (Å²) in [6, 6.07) is 24.6. The smallest absolute Gasteiger partial charge is 0.243 e. The van der Waals surface area contributed by atoms with Gasteiger partial charge in [-0.1, -0.05) is 60.7 Å². The lowest BCUT2D eigenvalue weighted by molar-refractivity contribution is -0.120. The van der Waals surface area contributed by atoms with E-state index in [4.69, 9.17) is 4.74 Å². The Labute approximate surface area is 200 Å². The van der Waals surface area contributed by atoms with Crippen LogP contribution in [0.15, 0.2) is 83.8 Å². The number of carbonyl (C=O) groups excluding carboxylic acids is 1. The molecule has 1 atom stereocenters. The normalized spacial score (nSPS) is 15.4. The Bertz CT molecular complexity index is 1210. The van der Waals surface area contributed by atoms with Crippen molar-refractivity contribution < 1.29 is 17.9 Å². The van der Waals surface area contributed by atoms with Crippen LogP contribution in [0.1, 0.15) is 18.5 Å². The summed E-state index contributed by atoms with van der Waals surface area (Å²) in [5.74, 6) is -0.180. The lowest BCUT2D eigenvalue weighted by atomic mass is 10.0. The molecule has 4 rings (SSSR count). The summed E-state index contributed by atoms with van der Waals surface area (Å²) in [4.78, 5) is 12.7. The number of anilines is 1. The largest absolute Gasteiger partial charge is 0.379 e. The Morgan fingerprint density at radius 3 is 2.32 bits per heavy atom. The molecule has 1 aliphatic rings. The molecule has 1 heterocycles. The SMILES string of the molecule is C[C@@H](NC(=O)CNc1cccc(S(=O)(=O)N2CCOCC2)c1)c1ccc(-c2ccccc2)cc1. The summed E-state index contributed by atoms with van der Waals surface area (Å²) in [7, 11) is -3.59. The minimum Gasteiger partial charge on any atom is -0.379 e. The predicted octanol–water partition coefficient (Wildman–Crippen LogP) is 3.66. The van der Waals surface area contributed by atoms with Crippen LogP contribution in [0.2, 0.25) is 0 Å². The molecule has 0 spiro atoms. The minimum absolute atomic E-state index is 0.0352. The molecule has 0 saturated carbocycles. The number of morpholine rings is 1. The Balaban J connectivity index is 1.33. The Hall–Kier alpha value is -3.20. The number of rotatable bonds is 8. The van der Waals surface area contributed by atoms with Gasteiger partial charge < -0.3 is 15.4 Å². The van der Waals surface area contributed by atoms with E-state index in [1.807, 2.05) is 49.4 Å². The van der Waals surface area contributed by atoms with Crippen molar-refractivity contribution in [1.82, 2.24) is 9.62 Å². The van der Waals surface area contributed by atoms with E-state index in [1.54, 1.807) is 24.3 Å². The second kappa shape index (κ2) is 10.8. The van der Waals surface area contributed by atoms with Gasteiger partial charge >= 0.3 is 0 Å². The zero-order valence-corrected chi connectivity index (χ0v) is 19.9. The zero-order chi connectivity index (χ0) is 24.0. The number of ether oxygens (including phenoxy) is 1. The lowest BCUT2D eigenvalue weighted by Crippen LogP contribution is -2.40. The van der Waals surface area contributed by atoms with Gasteiger partial charge in [0.2, 0.25) is 15.9 Å². The monoisotopic (exact) mass is 479 g/mol. The van der Waals surface area contributed by atoms with Crippen LogP contribution in [-0.4, -0.2) is 51.5 Å². The molecule has 34 heavy (non-hydrogen) atoms. The fourth-order valence-electron chi connectivity index (χ4n) is 3.86. The zero-order valence-electron chi connectivity index (χ0n) is 19.1. The van der Waals surface area contributed by atoms with E-state index in [1.165, 1.54) is 4.31 Å². The molecular formula is C26H29N3O4S. The topological polar surface area (TPSA) is 87.7 Å². The highest BCUT2D eigenvalue weighted by atomic mass is 32.2. The van der Waals surface area contributed by atoms with Gasteiger partial charge in [-0.25, -0.2) is 8.42 Å². The molecule has 7 nitrogen and oxygen atoms in total. The molecule has 1 aliphatic heterocycles. The van der Waals surface area contributed by atoms with Gasteiger partial charge in [0.05, 0.1) is 30.7 Å². The van der Waals surface area contributed by atoms with E-state index in [2.05, 4.69) is 22.8 Å². The van der Waals surface area contributed by atoms with Gasteiger partial charge in [-0.05, 0) is 41.8 Å². The molecule has 1 amide bonds. The van der Waals surface area contributed by atoms with Crippen LogP contribution in [-0.2, 0) is 19.6 Å². The molecular weight excluding hydrogens is 450 g/mol.